The first-order valence-electron chi connectivity index (χ1n) is 5.46. The predicted octanol–water partition coefficient (Wildman–Crippen LogP) is 0.589. The van der Waals surface area contributed by atoms with E-state index in [4.69, 9.17) is 9.84 Å². The molecule has 0 bridgehead atoms. The van der Waals surface area contributed by atoms with Crippen LogP contribution >= 0.6 is 0 Å². The summed E-state index contributed by atoms with van der Waals surface area (Å²) in [5.74, 6) is -1.26. The lowest BCUT2D eigenvalue weighted by Crippen LogP contribution is -2.41. The van der Waals surface area contributed by atoms with Crippen LogP contribution in [0.3, 0.4) is 0 Å². The van der Waals surface area contributed by atoms with Crippen molar-refractivity contribution in [3.63, 3.8) is 0 Å². The van der Waals surface area contributed by atoms with Gasteiger partial charge in [-0.25, -0.2) is 0 Å². The highest BCUT2D eigenvalue weighted by Crippen LogP contribution is 2.33. The summed E-state index contributed by atoms with van der Waals surface area (Å²) in [5, 5.41) is 8.63. The smallest absolute Gasteiger partial charge is 0.323 e. The Bertz CT molecular complexity index is 292. The van der Waals surface area contributed by atoms with E-state index in [-0.39, 0.29) is 36.5 Å². The van der Waals surface area contributed by atoms with Crippen molar-refractivity contribution in [3.05, 3.63) is 0 Å². The van der Waals surface area contributed by atoms with Gasteiger partial charge >= 0.3 is 5.97 Å². The number of hydrogen-bond acceptors (Lipinski definition) is 3. The second-order valence-corrected chi connectivity index (χ2v) is 4.52. The van der Waals surface area contributed by atoms with Crippen molar-refractivity contribution in [3.8, 4) is 0 Å². The van der Waals surface area contributed by atoms with E-state index in [2.05, 4.69) is 0 Å². The van der Waals surface area contributed by atoms with Crippen molar-refractivity contribution in [2.75, 3.05) is 13.6 Å². The van der Waals surface area contributed by atoms with E-state index in [0.29, 0.717) is 0 Å². The van der Waals surface area contributed by atoms with Crippen molar-refractivity contribution >= 4 is 11.9 Å². The Morgan fingerprint density at radius 3 is 2.19 bits per heavy atom. The topological polar surface area (TPSA) is 66.8 Å². The number of ether oxygens (including phenoxy) is 1. The van der Waals surface area contributed by atoms with Gasteiger partial charge in [0, 0.05) is 7.05 Å². The van der Waals surface area contributed by atoms with Gasteiger partial charge in [-0.15, -0.1) is 0 Å². The molecule has 1 amide bonds. The Balaban J connectivity index is 2.69. The number of hydrogen-bond donors (Lipinski definition) is 1. The summed E-state index contributed by atoms with van der Waals surface area (Å²) in [6.07, 6.45) is -0.101. The molecule has 4 unspecified atom stereocenters. The Kier molecular flexibility index (Phi) is 3.91. The molecule has 5 heteroatoms. The molecule has 92 valence electrons. The predicted molar refractivity (Wildman–Crippen MR) is 57.9 cm³/mol. The molecule has 0 radical (unpaired) electrons. The Morgan fingerprint density at radius 2 is 1.81 bits per heavy atom. The first-order chi connectivity index (χ1) is 7.34. The summed E-state index contributed by atoms with van der Waals surface area (Å²) in [6.45, 7) is 5.50. The van der Waals surface area contributed by atoms with E-state index in [1.165, 1.54) is 11.9 Å². The lowest BCUT2D eigenvalue weighted by Gasteiger charge is -2.23. The number of nitrogens with zero attached hydrogens (tertiary/aromatic N) is 1. The number of amides is 1. The number of carbonyl (C=O) groups excluding carboxylic acids is 1. The zero-order valence-corrected chi connectivity index (χ0v) is 10.1. The average molecular weight is 229 g/mol. The summed E-state index contributed by atoms with van der Waals surface area (Å²) in [7, 11) is 1.51. The molecule has 0 aromatic rings. The highest BCUT2D eigenvalue weighted by atomic mass is 16.5. The van der Waals surface area contributed by atoms with Gasteiger partial charge in [0.25, 0.3) is 0 Å². The Morgan fingerprint density at radius 1 is 1.25 bits per heavy atom. The minimum atomic E-state index is -0.997. The standard InChI is InChI=1S/C11H19NO4/c1-6-7(2)16-8(3)10(6)11(15)12(4)5-9(13)14/h6-8,10H,5H2,1-4H3,(H,13,14). The van der Waals surface area contributed by atoms with Crippen LogP contribution in [0, 0.1) is 11.8 Å². The fourth-order valence-electron chi connectivity index (χ4n) is 2.23. The molecule has 16 heavy (non-hydrogen) atoms. The van der Waals surface area contributed by atoms with Gasteiger partial charge in [0.05, 0.1) is 18.1 Å². The molecule has 1 heterocycles. The second-order valence-electron chi connectivity index (χ2n) is 4.52. The van der Waals surface area contributed by atoms with Crippen LogP contribution in [-0.2, 0) is 14.3 Å². The van der Waals surface area contributed by atoms with Crippen LogP contribution in [-0.4, -0.2) is 47.7 Å². The number of carbonyl (C=O) groups is 2. The van der Waals surface area contributed by atoms with Gasteiger partial charge in [-0.1, -0.05) is 6.92 Å². The highest BCUT2D eigenvalue weighted by Gasteiger charge is 2.42. The fourth-order valence-corrected chi connectivity index (χ4v) is 2.23. The van der Waals surface area contributed by atoms with Gasteiger partial charge in [-0.2, -0.15) is 0 Å². The van der Waals surface area contributed by atoms with Crippen LogP contribution in [0.15, 0.2) is 0 Å². The molecule has 0 aromatic heterocycles. The molecule has 0 spiro atoms. The van der Waals surface area contributed by atoms with Gasteiger partial charge in [-0.05, 0) is 19.8 Å². The summed E-state index contributed by atoms with van der Waals surface area (Å²) < 4.78 is 5.57. The zero-order chi connectivity index (χ0) is 12.5. The van der Waals surface area contributed by atoms with E-state index < -0.39 is 5.97 Å². The number of rotatable bonds is 3. The lowest BCUT2D eigenvalue weighted by atomic mass is 9.88. The quantitative estimate of drug-likeness (QED) is 0.769. The largest absolute Gasteiger partial charge is 0.480 e. The van der Waals surface area contributed by atoms with Gasteiger partial charge in [-0.3, -0.25) is 9.59 Å². The van der Waals surface area contributed by atoms with Crippen molar-refractivity contribution in [1.82, 2.24) is 4.90 Å². The highest BCUT2D eigenvalue weighted by molar-refractivity contribution is 5.83. The molecule has 1 N–H and O–H groups in total. The molecule has 1 aliphatic heterocycles. The minimum Gasteiger partial charge on any atom is -0.480 e. The number of aliphatic carboxylic acids is 1. The number of carboxylic acid groups (broad SMARTS) is 1. The van der Waals surface area contributed by atoms with E-state index in [1.807, 2.05) is 20.8 Å². The van der Waals surface area contributed by atoms with Crippen LogP contribution in [0.2, 0.25) is 0 Å². The summed E-state index contributed by atoms with van der Waals surface area (Å²) in [5.41, 5.74) is 0. The van der Waals surface area contributed by atoms with Crippen LogP contribution < -0.4 is 0 Å². The van der Waals surface area contributed by atoms with Crippen LogP contribution in [0.25, 0.3) is 0 Å². The Labute approximate surface area is 95.4 Å². The summed E-state index contributed by atoms with van der Waals surface area (Å²) >= 11 is 0. The number of carboxylic acids is 1. The van der Waals surface area contributed by atoms with E-state index >= 15 is 0 Å². The SMILES string of the molecule is CC1OC(C)C(C(=O)N(C)CC(=O)O)C1C. The van der Waals surface area contributed by atoms with E-state index in [1.54, 1.807) is 0 Å². The van der Waals surface area contributed by atoms with Gasteiger partial charge in [0.1, 0.15) is 6.54 Å². The van der Waals surface area contributed by atoms with Gasteiger partial charge < -0.3 is 14.7 Å². The maximum absolute atomic E-state index is 12.0. The molecule has 0 saturated carbocycles. The van der Waals surface area contributed by atoms with Gasteiger partial charge in [0.2, 0.25) is 5.91 Å². The molecule has 1 aliphatic rings. The fraction of sp³-hybridized carbons (Fsp3) is 0.818. The molecular weight excluding hydrogens is 210 g/mol. The normalized spacial score (nSPS) is 33.8. The summed E-state index contributed by atoms with van der Waals surface area (Å²) in [6, 6.07) is 0. The van der Waals surface area contributed by atoms with Crippen molar-refractivity contribution < 1.29 is 19.4 Å². The third-order valence-corrected chi connectivity index (χ3v) is 3.28. The zero-order valence-electron chi connectivity index (χ0n) is 10.1. The van der Waals surface area contributed by atoms with Gasteiger partial charge in [0.15, 0.2) is 0 Å². The second kappa shape index (κ2) is 4.82. The van der Waals surface area contributed by atoms with Crippen LogP contribution in [0.4, 0.5) is 0 Å². The monoisotopic (exact) mass is 229 g/mol. The molecule has 1 rings (SSSR count). The minimum absolute atomic E-state index is 0.0437. The molecular formula is C11H19NO4. The van der Waals surface area contributed by atoms with Crippen LogP contribution in [0.5, 0.6) is 0 Å². The molecule has 5 nitrogen and oxygen atoms in total. The van der Waals surface area contributed by atoms with E-state index in [0.717, 1.165) is 0 Å². The van der Waals surface area contributed by atoms with Crippen molar-refractivity contribution in [2.24, 2.45) is 11.8 Å². The van der Waals surface area contributed by atoms with Crippen LogP contribution in [0.1, 0.15) is 20.8 Å². The average Bonchev–Trinajstić information content (AvgIpc) is 2.39. The molecule has 1 fully saturated rings. The van der Waals surface area contributed by atoms with Crippen molar-refractivity contribution in [2.45, 2.75) is 33.0 Å². The maximum Gasteiger partial charge on any atom is 0.323 e. The molecule has 0 aromatic carbocycles. The first-order valence-corrected chi connectivity index (χ1v) is 5.46. The van der Waals surface area contributed by atoms with Crippen molar-refractivity contribution in [1.29, 1.82) is 0 Å². The third kappa shape index (κ3) is 2.52. The molecule has 1 saturated heterocycles. The molecule has 0 aliphatic carbocycles. The first kappa shape index (κ1) is 13.0. The maximum atomic E-state index is 12.0. The Hall–Kier alpha value is -1.10. The lowest BCUT2D eigenvalue weighted by molar-refractivity contribution is -0.146. The third-order valence-electron chi connectivity index (χ3n) is 3.28. The summed E-state index contributed by atoms with van der Waals surface area (Å²) in [4.78, 5) is 23.8. The number of likely N-dealkylation sites (N-methyl/N-ethyl adjacent to an activating group) is 1. The molecule has 4 atom stereocenters. The van der Waals surface area contributed by atoms with E-state index in [9.17, 15) is 9.59 Å².